The quantitative estimate of drug-likeness (QED) is 0.730. The Kier molecular flexibility index (Phi) is 5.87. The van der Waals surface area contributed by atoms with E-state index in [-0.39, 0.29) is 6.61 Å². The molecule has 1 unspecified atom stereocenters. The van der Waals surface area contributed by atoms with Crippen LogP contribution in [0.4, 0.5) is 5.69 Å². The average Bonchev–Trinajstić information content (AvgIpc) is 2.45. The largest absolute Gasteiger partial charge is 0.491 e. The van der Waals surface area contributed by atoms with Gasteiger partial charge in [-0.25, -0.2) is 0 Å². The molecule has 0 radical (unpaired) electrons. The Morgan fingerprint density at radius 2 is 1.95 bits per heavy atom. The van der Waals surface area contributed by atoms with Gasteiger partial charge in [0.2, 0.25) is 0 Å². The van der Waals surface area contributed by atoms with Crippen molar-refractivity contribution in [2.75, 3.05) is 18.5 Å². The second kappa shape index (κ2) is 7.66. The third-order valence-electron chi connectivity index (χ3n) is 3.16. The first-order valence-corrected chi connectivity index (χ1v) is 8.00. The van der Waals surface area contributed by atoms with E-state index < -0.39 is 6.10 Å². The summed E-state index contributed by atoms with van der Waals surface area (Å²) in [7, 11) is 0. The topological polar surface area (TPSA) is 41.5 Å². The second-order valence-electron chi connectivity index (χ2n) is 5.09. The maximum atomic E-state index is 10.0. The summed E-state index contributed by atoms with van der Waals surface area (Å²) in [5.41, 5.74) is 3.33. The number of anilines is 1. The number of halogens is 1. The number of benzene rings is 2. The molecule has 2 aromatic carbocycles. The van der Waals surface area contributed by atoms with Crippen LogP contribution in [0.1, 0.15) is 11.1 Å². The maximum Gasteiger partial charge on any atom is 0.122 e. The summed E-state index contributed by atoms with van der Waals surface area (Å²) in [6.45, 7) is 4.81. The Hall–Kier alpha value is -1.27. The normalized spacial score (nSPS) is 12.0. The van der Waals surface area contributed by atoms with Crippen molar-refractivity contribution in [2.45, 2.75) is 20.0 Å². The van der Waals surface area contributed by atoms with Gasteiger partial charge in [0, 0.05) is 15.8 Å². The molecule has 0 saturated heterocycles. The van der Waals surface area contributed by atoms with Gasteiger partial charge < -0.3 is 15.2 Å². The van der Waals surface area contributed by atoms with Crippen molar-refractivity contribution in [3.05, 3.63) is 57.2 Å². The molecule has 0 fully saturated rings. The number of rotatable bonds is 6. The Morgan fingerprint density at radius 3 is 2.67 bits per heavy atom. The summed E-state index contributed by atoms with van der Waals surface area (Å²) in [6.07, 6.45) is -0.554. The van der Waals surface area contributed by atoms with Gasteiger partial charge >= 0.3 is 0 Å². The van der Waals surface area contributed by atoms with Crippen molar-refractivity contribution in [2.24, 2.45) is 0 Å². The molecule has 112 valence electrons. The van der Waals surface area contributed by atoms with E-state index in [2.05, 4.69) is 40.9 Å². The van der Waals surface area contributed by atoms with Crippen LogP contribution in [0.5, 0.6) is 5.75 Å². The Labute approximate surface area is 139 Å². The van der Waals surface area contributed by atoms with Gasteiger partial charge in [-0.05, 0) is 60.2 Å². The van der Waals surface area contributed by atoms with Gasteiger partial charge in [-0.1, -0.05) is 29.8 Å². The highest BCUT2D eigenvalue weighted by molar-refractivity contribution is 14.1. The predicted molar refractivity (Wildman–Crippen MR) is 95.1 cm³/mol. The van der Waals surface area contributed by atoms with Crippen LogP contribution >= 0.6 is 22.6 Å². The zero-order valence-electron chi connectivity index (χ0n) is 12.3. The molecule has 0 aliphatic carbocycles. The smallest absolute Gasteiger partial charge is 0.122 e. The zero-order valence-corrected chi connectivity index (χ0v) is 14.4. The number of hydrogen-bond acceptors (Lipinski definition) is 3. The van der Waals surface area contributed by atoms with Crippen molar-refractivity contribution in [3.8, 4) is 5.75 Å². The van der Waals surface area contributed by atoms with Crippen molar-refractivity contribution < 1.29 is 9.84 Å². The molecule has 2 aromatic rings. The third kappa shape index (κ3) is 4.89. The van der Waals surface area contributed by atoms with E-state index >= 15 is 0 Å². The predicted octanol–water partition coefficient (Wildman–Crippen LogP) is 3.76. The second-order valence-corrected chi connectivity index (χ2v) is 6.26. The molecule has 0 saturated carbocycles. The lowest BCUT2D eigenvalue weighted by Gasteiger charge is -2.16. The van der Waals surface area contributed by atoms with E-state index in [1.54, 1.807) is 0 Å². The minimum atomic E-state index is -0.554. The van der Waals surface area contributed by atoms with E-state index in [9.17, 15) is 5.11 Å². The molecular weight excluding hydrogens is 377 g/mol. The van der Waals surface area contributed by atoms with Gasteiger partial charge in [-0.2, -0.15) is 0 Å². The van der Waals surface area contributed by atoms with Gasteiger partial charge in [0.05, 0.1) is 0 Å². The van der Waals surface area contributed by atoms with Crippen LogP contribution < -0.4 is 10.1 Å². The number of hydrogen-bond donors (Lipinski definition) is 2. The highest BCUT2D eigenvalue weighted by Gasteiger charge is 2.07. The van der Waals surface area contributed by atoms with Crippen LogP contribution in [-0.2, 0) is 0 Å². The highest BCUT2D eigenvalue weighted by Crippen LogP contribution is 2.19. The molecule has 0 aromatic heterocycles. The SMILES string of the molecule is Cc1ccc(OCC(O)CNc2ccccc2I)c(C)c1. The molecule has 0 bridgehead atoms. The fraction of sp³-hybridized carbons (Fsp3) is 0.294. The summed E-state index contributed by atoms with van der Waals surface area (Å²) in [5, 5.41) is 13.3. The number of nitrogens with one attached hydrogen (secondary N) is 1. The summed E-state index contributed by atoms with van der Waals surface area (Å²) in [5.74, 6) is 0.828. The van der Waals surface area contributed by atoms with E-state index in [1.807, 2.05) is 43.3 Å². The first-order valence-electron chi connectivity index (χ1n) is 6.93. The molecular formula is C17H20INO2. The molecule has 3 nitrogen and oxygen atoms in total. The highest BCUT2D eigenvalue weighted by atomic mass is 127. The van der Waals surface area contributed by atoms with Crippen LogP contribution in [0.15, 0.2) is 42.5 Å². The lowest BCUT2D eigenvalue weighted by molar-refractivity contribution is 0.117. The van der Waals surface area contributed by atoms with E-state index in [4.69, 9.17) is 4.74 Å². The lowest BCUT2D eigenvalue weighted by Crippen LogP contribution is -2.26. The van der Waals surface area contributed by atoms with E-state index in [0.29, 0.717) is 6.54 Å². The van der Waals surface area contributed by atoms with Crippen molar-refractivity contribution in [1.82, 2.24) is 0 Å². The van der Waals surface area contributed by atoms with Crippen molar-refractivity contribution in [3.63, 3.8) is 0 Å². The first-order chi connectivity index (χ1) is 10.1. The molecule has 4 heteroatoms. The molecule has 0 heterocycles. The number of aliphatic hydroxyl groups is 1. The van der Waals surface area contributed by atoms with Crippen LogP contribution in [0.2, 0.25) is 0 Å². The van der Waals surface area contributed by atoms with Crippen LogP contribution in [0, 0.1) is 17.4 Å². The number of ether oxygens (including phenoxy) is 1. The van der Waals surface area contributed by atoms with Crippen LogP contribution in [0.3, 0.4) is 0 Å². The molecule has 1 atom stereocenters. The standard InChI is InChI=1S/C17H20INO2/c1-12-7-8-17(13(2)9-12)21-11-14(20)10-19-16-6-4-3-5-15(16)18/h3-9,14,19-20H,10-11H2,1-2H3. The fourth-order valence-electron chi connectivity index (χ4n) is 2.04. The molecule has 21 heavy (non-hydrogen) atoms. The summed E-state index contributed by atoms with van der Waals surface area (Å²) in [4.78, 5) is 0. The average molecular weight is 397 g/mol. The summed E-state index contributed by atoms with van der Waals surface area (Å²) in [6, 6.07) is 14.0. The van der Waals surface area contributed by atoms with Crippen molar-refractivity contribution in [1.29, 1.82) is 0 Å². The maximum absolute atomic E-state index is 10.0. The molecule has 2 N–H and O–H groups in total. The van der Waals surface area contributed by atoms with Gasteiger partial charge in [-0.15, -0.1) is 0 Å². The number of aliphatic hydroxyl groups excluding tert-OH is 1. The summed E-state index contributed by atoms with van der Waals surface area (Å²) >= 11 is 2.27. The molecule has 0 amide bonds. The number of para-hydroxylation sites is 1. The van der Waals surface area contributed by atoms with Gasteiger partial charge in [-0.3, -0.25) is 0 Å². The molecule has 0 spiro atoms. The minimum absolute atomic E-state index is 0.278. The zero-order chi connectivity index (χ0) is 15.2. The molecule has 0 aliphatic heterocycles. The van der Waals surface area contributed by atoms with Crippen LogP contribution in [0.25, 0.3) is 0 Å². The monoisotopic (exact) mass is 397 g/mol. The Morgan fingerprint density at radius 1 is 1.19 bits per heavy atom. The van der Waals surface area contributed by atoms with E-state index in [1.165, 1.54) is 5.56 Å². The minimum Gasteiger partial charge on any atom is -0.491 e. The number of aryl methyl sites for hydroxylation is 2. The third-order valence-corrected chi connectivity index (χ3v) is 4.10. The first kappa shape index (κ1) is 16.1. The lowest BCUT2D eigenvalue weighted by atomic mass is 10.1. The van der Waals surface area contributed by atoms with Gasteiger partial charge in [0.15, 0.2) is 0 Å². The van der Waals surface area contributed by atoms with Crippen molar-refractivity contribution >= 4 is 28.3 Å². The Bertz CT molecular complexity index is 601. The molecule has 0 aliphatic rings. The molecule has 2 rings (SSSR count). The van der Waals surface area contributed by atoms with Gasteiger partial charge in [0.25, 0.3) is 0 Å². The summed E-state index contributed by atoms with van der Waals surface area (Å²) < 4.78 is 6.82. The van der Waals surface area contributed by atoms with E-state index in [0.717, 1.165) is 20.6 Å². The van der Waals surface area contributed by atoms with Crippen LogP contribution in [-0.4, -0.2) is 24.4 Å². The fourth-order valence-corrected chi connectivity index (χ4v) is 2.62. The van der Waals surface area contributed by atoms with Gasteiger partial charge in [0.1, 0.15) is 18.5 Å². The Balaban J connectivity index is 1.82.